The largest absolute Gasteiger partial charge is 0.384 e. The Labute approximate surface area is 79.7 Å². The molecule has 0 aromatic carbocycles. The Balaban J connectivity index is 0. The van der Waals surface area contributed by atoms with Crippen LogP contribution in [0.5, 0.6) is 0 Å². The molecule has 0 bridgehead atoms. The van der Waals surface area contributed by atoms with Crippen molar-refractivity contribution in [2.24, 2.45) is 5.92 Å². The molecule has 0 amide bonds. The van der Waals surface area contributed by atoms with Gasteiger partial charge in [-0.15, -0.1) is 0 Å². The van der Waals surface area contributed by atoms with Gasteiger partial charge in [0.25, 0.3) is 0 Å². The first-order valence-electron chi connectivity index (χ1n) is 4.21. The summed E-state index contributed by atoms with van der Waals surface area (Å²) >= 11 is 0. The molecule has 0 radical (unpaired) electrons. The fourth-order valence-corrected chi connectivity index (χ4v) is 1.28. The third-order valence-electron chi connectivity index (χ3n) is 1.86. The number of carbonyl (C=O) groups is 2. The van der Waals surface area contributed by atoms with Crippen LogP contribution >= 0.6 is 0 Å². The van der Waals surface area contributed by atoms with Gasteiger partial charge in [0.1, 0.15) is 13.6 Å². The first-order valence-corrected chi connectivity index (χ1v) is 4.21. The molecule has 0 saturated carbocycles. The highest BCUT2D eigenvalue weighted by atomic mass is 16.5. The lowest BCUT2D eigenvalue weighted by atomic mass is 10.00. The second-order valence-electron chi connectivity index (χ2n) is 2.65. The van der Waals surface area contributed by atoms with Gasteiger partial charge in [0.05, 0.1) is 0 Å². The van der Waals surface area contributed by atoms with Crippen LogP contribution in [-0.4, -0.2) is 40.4 Å². The fourth-order valence-electron chi connectivity index (χ4n) is 1.28. The van der Waals surface area contributed by atoms with E-state index >= 15 is 0 Å². The van der Waals surface area contributed by atoms with E-state index in [1.54, 1.807) is 7.11 Å². The quantitative estimate of drug-likeness (QED) is 0.677. The van der Waals surface area contributed by atoms with Crippen molar-refractivity contribution >= 4 is 13.6 Å². The van der Waals surface area contributed by atoms with Gasteiger partial charge in [-0.2, -0.15) is 0 Å². The molecule has 1 fully saturated rings. The molecule has 0 aromatic heterocycles. The van der Waals surface area contributed by atoms with Crippen LogP contribution in [0.3, 0.4) is 0 Å². The van der Waals surface area contributed by atoms with E-state index in [0.717, 1.165) is 12.5 Å². The predicted octanol–water partition coefficient (Wildman–Crippen LogP) is 0.263. The first kappa shape index (κ1) is 14.8. The number of ether oxygens (including phenoxy) is 1. The zero-order chi connectivity index (χ0) is 10.5. The van der Waals surface area contributed by atoms with Gasteiger partial charge in [0, 0.05) is 13.7 Å². The van der Waals surface area contributed by atoms with E-state index in [2.05, 4.69) is 5.32 Å². The molecule has 0 spiro atoms. The molecule has 4 heteroatoms. The normalized spacial score (nSPS) is 16.1. The average Bonchev–Trinajstić information content (AvgIpc) is 2.26. The summed E-state index contributed by atoms with van der Waals surface area (Å²) in [6, 6.07) is 0. The lowest BCUT2D eigenvalue weighted by Crippen LogP contribution is -2.29. The van der Waals surface area contributed by atoms with Gasteiger partial charge in [0.2, 0.25) is 0 Å². The second kappa shape index (κ2) is 13.8. The summed E-state index contributed by atoms with van der Waals surface area (Å²) in [6.07, 6.45) is 2.57. The van der Waals surface area contributed by atoms with E-state index in [1.807, 2.05) is 13.6 Å². The zero-order valence-corrected chi connectivity index (χ0v) is 8.25. The van der Waals surface area contributed by atoms with Gasteiger partial charge in [-0.25, -0.2) is 0 Å². The Bertz CT molecular complexity index is 90.1. The molecular weight excluding hydrogens is 170 g/mol. The minimum atomic E-state index is 0.816. The van der Waals surface area contributed by atoms with Crippen LogP contribution in [0.4, 0.5) is 0 Å². The highest BCUT2D eigenvalue weighted by Crippen LogP contribution is 2.10. The van der Waals surface area contributed by atoms with Gasteiger partial charge in [-0.3, -0.25) is 0 Å². The van der Waals surface area contributed by atoms with Crippen LogP contribution in [0.15, 0.2) is 0 Å². The Morgan fingerprint density at radius 2 is 1.69 bits per heavy atom. The van der Waals surface area contributed by atoms with Crippen molar-refractivity contribution in [2.75, 3.05) is 26.8 Å². The monoisotopic (exact) mass is 189 g/mol. The number of hydrogen-bond acceptors (Lipinski definition) is 4. The van der Waals surface area contributed by atoms with E-state index in [-0.39, 0.29) is 0 Å². The molecule has 0 aliphatic carbocycles. The number of hydrogen-bond donors (Lipinski definition) is 1. The van der Waals surface area contributed by atoms with Crippen molar-refractivity contribution in [2.45, 2.75) is 12.8 Å². The van der Waals surface area contributed by atoms with Crippen LogP contribution in [-0.2, 0) is 14.3 Å². The molecule has 4 nitrogen and oxygen atoms in total. The Morgan fingerprint density at radius 3 is 2.08 bits per heavy atom. The van der Waals surface area contributed by atoms with Crippen LogP contribution in [0, 0.1) is 5.92 Å². The molecule has 1 heterocycles. The van der Waals surface area contributed by atoms with Crippen molar-refractivity contribution in [3.63, 3.8) is 0 Å². The molecule has 1 rings (SSSR count). The third kappa shape index (κ3) is 9.17. The van der Waals surface area contributed by atoms with Crippen molar-refractivity contribution in [3.8, 4) is 0 Å². The molecule has 0 atom stereocenters. The fraction of sp³-hybridized carbons (Fsp3) is 0.778. The van der Waals surface area contributed by atoms with E-state index in [1.165, 1.54) is 25.9 Å². The maximum absolute atomic E-state index is 8.00. The van der Waals surface area contributed by atoms with Crippen LogP contribution < -0.4 is 5.32 Å². The second-order valence-corrected chi connectivity index (χ2v) is 2.65. The van der Waals surface area contributed by atoms with E-state index < -0.39 is 0 Å². The Morgan fingerprint density at radius 1 is 1.23 bits per heavy atom. The topological polar surface area (TPSA) is 55.4 Å². The molecule has 1 aliphatic heterocycles. The molecule has 0 aromatic rings. The number of methoxy groups -OCH3 is 1. The van der Waals surface area contributed by atoms with Crippen LogP contribution in [0.1, 0.15) is 12.8 Å². The molecule has 1 aliphatic rings. The number of carbonyl (C=O) groups excluding carboxylic acids is 2. The standard InChI is InChI=1S/C7H15NO.2CH2O/c1-9-6-7-2-4-8-5-3-7;2*1-2/h7-8H,2-6H2,1H3;2*1H2. The van der Waals surface area contributed by atoms with Crippen molar-refractivity contribution < 1.29 is 14.3 Å². The van der Waals surface area contributed by atoms with Crippen molar-refractivity contribution in [1.82, 2.24) is 5.32 Å². The van der Waals surface area contributed by atoms with Gasteiger partial charge in [-0.1, -0.05) is 0 Å². The van der Waals surface area contributed by atoms with Gasteiger partial charge in [-0.05, 0) is 31.8 Å². The summed E-state index contributed by atoms with van der Waals surface area (Å²) in [5, 5.41) is 3.32. The maximum Gasteiger partial charge on any atom is 0.106 e. The Kier molecular flexibility index (Phi) is 15.7. The molecule has 13 heavy (non-hydrogen) atoms. The summed E-state index contributed by atoms with van der Waals surface area (Å²) < 4.78 is 5.05. The highest BCUT2D eigenvalue weighted by Gasteiger charge is 2.11. The molecule has 1 saturated heterocycles. The van der Waals surface area contributed by atoms with E-state index in [4.69, 9.17) is 14.3 Å². The molecule has 1 N–H and O–H groups in total. The Hall–Kier alpha value is -0.740. The molecule has 0 unspecified atom stereocenters. The summed E-state index contributed by atoms with van der Waals surface area (Å²) in [7, 11) is 1.78. The summed E-state index contributed by atoms with van der Waals surface area (Å²) in [5.74, 6) is 0.816. The lowest BCUT2D eigenvalue weighted by molar-refractivity contribution is -0.0987. The average molecular weight is 189 g/mol. The van der Waals surface area contributed by atoms with Gasteiger partial charge in [0.15, 0.2) is 0 Å². The predicted molar refractivity (Wildman–Crippen MR) is 51.7 cm³/mol. The first-order chi connectivity index (χ1) is 6.43. The summed E-state index contributed by atoms with van der Waals surface area (Å²) in [5.41, 5.74) is 0. The van der Waals surface area contributed by atoms with Crippen LogP contribution in [0.25, 0.3) is 0 Å². The zero-order valence-electron chi connectivity index (χ0n) is 8.25. The summed E-state index contributed by atoms with van der Waals surface area (Å²) in [4.78, 5) is 16.0. The SMILES string of the molecule is C=O.C=O.COCC1CCNCC1. The molecule has 78 valence electrons. The van der Waals surface area contributed by atoms with Crippen LogP contribution in [0.2, 0.25) is 0 Å². The number of piperidine rings is 1. The highest BCUT2D eigenvalue weighted by molar-refractivity contribution is 5.11. The smallest absolute Gasteiger partial charge is 0.106 e. The van der Waals surface area contributed by atoms with E-state index in [0.29, 0.717) is 0 Å². The van der Waals surface area contributed by atoms with Crippen molar-refractivity contribution in [1.29, 1.82) is 0 Å². The van der Waals surface area contributed by atoms with E-state index in [9.17, 15) is 0 Å². The minimum absolute atomic E-state index is 0.816. The number of rotatable bonds is 2. The molecular formula is C9H19NO3. The third-order valence-corrected chi connectivity index (χ3v) is 1.86. The van der Waals surface area contributed by atoms with Gasteiger partial charge < -0.3 is 19.6 Å². The van der Waals surface area contributed by atoms with Crippen molar-refractivity contribution in [3.05, 3.63) is 0 Å². The maximum atomic E-state index is 8.00. The minimum Gasteiger partial charge on any atom is -0.384 e. The number of nitrogens with one attached hydrogen (secondary N) is 1. The summed E-state index contributed by atoms with van der Waals surface area (Å²) in [6.45, 7) is 7.30. The van der Waals surface area contributed by atoms with Gasteiger partial charge >= 0.3 is 0 Å². The lowest BCUT2D eigenvalue weighted by Gasteiger charge is -2.21.